The highest BCUT2D eigenvalue weighted by Gasteiger charge is 2.19. The number of carbonyl (C=O) groups is 1. The zero-order chi connectivity index (χ0) is 14.6. The van der Waals surface area contributed by atoms with Gasteiger partial charge in [-0.1, -0.05) is 0 Å². The highest BCUT2D eigenvalue weighted by molar-refractivity contribution is 7.89. The van der Waals surface area contributed by atoms with Crippen molar-refractivity contribution in [3.05, 3.63) is 24.0 Å². The minimum Gasteiger partial charge on any atom is -0.494 e. The van der Waals surface area contributed by atoms with E-state index in [1.165, 1.54) is 7.11 Å². The van der Waals surface area contributed by atoms with Crippen LogP contribution in [0.25, 0.3) is 0 Å². The smallest absolute Gasteiger partial charge is 0.247 e. The van der Waals surface area contributed by atoms with Gasteiger partial charge in [0.05, 0.1) is 12.0 Å². The Hall–Kier alpha value is -1.71. The van der Waals surface area contributed by atoms with Gasteiger partial charge in [-0.2, -0.15) is 0 Å². The number of benzene rings is 1. The number of primary amides is 1. The molecule has 0 bridgehead atoms. The lowest BCUT2D eigenvalue weighted by molar-refractivity contribution is -0.125. The minimum atomic E-state index is -4.05. The topological polar surface area (TPSA) is 119 Å². The Kier molecular flexibility index (Phi) is 4.81. The van der Waals surface area contributed by atoms with Gasteiger partial charge < -0.3 is 15.6 Å². The van der Waals surface area contributed by atoms with Crippen molar-refractivity contribution < 1.29 is 27.4 Å². The zero-order valence-corrected chi connectivity index (χ0v) is 10.8. The number of nitrogens with two attached hydrogens (primary N) is 1. The van der Waals surface area contributed by atoms with Crippen LogP contribution in [0.5, 0.6) is 5.75 Å². The summed E-state index contributed by atoms with van der Waals surface area (Å²) in [6, 6.07) is 3.03. The normalized spacial score (nSPS) is 13.0. The summed E-state index contributed by atoms with van der Waals surface area (Å²) in [5.74, 6) is -2.01. The lowest BCUT2D eigenvalue weighted by Gasteiger charge is -2.10. The molecule has 0 spiro atoms. The number of sulfonamides is 1. The Morgan fingerprint density at radius 3 is 2.68 bits per heavy atom. The van der Waals surface area contributed by atoms with Crippen molar-refractivity contribution in [3.8, 4) is 5.75 Å². The summed E-state index contributed by atoms with van der Waals surface area (Å²) in [7, 11) is -2.81. The number of nitrogens with one attached hydrogen (secondary N) is 1. The highest BCUT2D eigenvalue weighted by Crippen LogP contribution is 2.20. The van der Waals surface area contributed by atoms with Crippen molar-refractivity contribution in [1.29, 1.82) is 0 Å². The molecule has 0 aliphatic heterocycles. The second-order valence-corrected chi connectivity index (χ2v) is 5.33. The quantitative estimate of drug-likeness (QED) is 0.618. The fraction of sp³-hybridized carbons (Fsp3) is 0.300. The number of hydrogen-bond acceptors (Lipinski definition) is 5. The molecule has 0 aliphatic rings. The number of amides is 1. The molecule has 0 saturated carbocycles. The maximum absolute atomic E-state index is 13.4. The molecule has 1 aromatic rings. The first-order valence-corrected chi connectivity index (χ1v) is 6.57. The van der Waals surface area contributed by atoms with Crippen molar-refractivity contribution in [3.63, 3.8) is 0 Å². The lowest BCUT2D eigenvalue weighted by atomic mass is 10.3. The summed E-state index contributed by atoms with van der Waals surface area (Å²) >= 11 is 0. The van der Waals surface area contributed by atoms with Crippen LogP contribution in [-0.4, -0.2) is 39.2 Å². The van der Waals surface area contributed by atoms with Crippen molar-refractivity contribution >= 4 is 15.9 Å². The van der Waals surface area contributed by atoms with E-state index < -0.39 is 34.4 Å². The summed E-state index contributed by atoms with van der Waals surface area (Å²) in [5, 5.41) is 9.08. The first kappa shape index (κ1) is 15.3. The summed E-state index contributed by atoms with van der Waals surface area (Å²) in [6.45, 7) is -0.592. The molecule has 7 nitrogen and oxygen atoms in total. The average molecular weight is 292 g/mol. The number of aliphatic hydroxyl groups is 1. The third-order valence-electron chi connectivity index (χ3n) is 2.23. The molecule has 0 aliphatic carbocycles. The van der Waals surface area contributed by atoms with Crippen LogP contribution < -0.4 is 15.2 Å². The number of ether oxygens (including phenoxy) is 1. The average Bonchev–Trinajstić information content (AvgIpc) is 2.35. The Morgan fingerprint density at radius 1 is 1.58 bits per heavy atom. The number of halogens is 1. The second kappa shape index (κ2) is 5.95. The van der Waals surface area contributed by atoms with Gasteiger partial charge in [-0.15, -0.1) is 0 Å². The molecule has 19 heavy (non-hydrogen) atoms. The molecule has 1 rings (SSSR count). The number of rotatable bonds is 6. The van der Waals surface area contributed by atoms with Crippen LogP contribution in [0.15, 0.2) is 23.1 Å². The predicted molar refractivity (Wildman–Crippen MR) is 63.3 cm³/mol. The first-order chi connectivity index (χ1) is 8.77. The monoisotopic (exact) mass is 292 g/mol. The molecule has 1 unspecified atom stereocenters. The Labute approximate surface area is 109 Å². The summed E-state index contributed by atoms with van der Waals surface area (Å²) in [4.78, 5) is 10.2. The van der Waals surface area contributed by atoms with Crippen LogP contribution in [0.3, 0.4) is 0 Å². The van der Waals surface area contributed by atoms with Crippen molar-refractivity contribution in [2.75, 3.05) is 13.7 Å². The molecule has 1 atom stereocenters. The van der Waals surface area contributed by atoms with Crippen LogP contribution in [-0.2, 0) is 14.8 Å². The molecule has 1 aromatic carbocycles. The molecule has 0 saturated heterocycles. The van der Waals surface area contributed by atoms with Gasteiger partial charge in [0.15, 0.2) is 11.6 Å². The molecule has 106 valence electrons. The van der Waals surface area contributed by atoms with Crippen LogP contribution >= 0.6 is 0 Å². The van der Waals surface area contributed by atoms with E-state index in [4.69, 9.17) is 10.8 Å². The third-order valence-corrected chi connectivity index (χ3v) is 3.65. The van der Waals surface area contributed by atoms with Gasteiger partial charge in [0, 0.05) is 6.54 Å². The van der Waals surface area contributed by atoms with Gasteiger partial charge in [0.25, 0.3) is 0 Å². The van der Waals surface area contributed by atoms with Crippen molar-refractivity contribution in [1.82, 2.24) is 4.72 Å². The Bertz CT molecular complexity index is 575. The fourth-order valence-electron chi connectivity index (χ4n) is 1.19. The van der Waals surface area contributed by atoms with E-state index >= 15 is 0 Å². The SMILES string of the molecule is COc1ccc(S(=O)(=O)NCC(O)C(N)=O)cc1F. The summed E-state index contributed by atoms with van der Waals surface area (Å²) in [5.41, 5.74) is 4.77. The molecular weight excluding hydrogens is 279 g/mol. The van der Waals surface area contributed by atoms with Crippen LogP contribution in [0.4, 0.5) is 4.39 Å². The maximum atomic E-state index is 13.4. The van der Waals surface area contributed by atoms with Gasteiger partial charge in [-0.3, -0.25) is 4.79 Å². The fourth-order valence-corrected chi connectivity index (χ4v) is 2.24. The van der Waals surface area contributed by atoms with Crippen LogP contribution in [0, 0.1) is 5.82 Å². The Morgan fingerprint density at radius 2 is 2.21 bits per heavy atom. The van der Waals surface area contributed by atoms with E-state index in [1.54, 1.807) is 0 Å². The van der Waals surface area contributed by atoms with E-state index in [9.17, 15) is 17.6 Å². The van der Waals surface area contributed by atoms with Crippen LogP contribution in [0.2, 0.25) is 0 Å². The second-order valence-electron chi connectivity index (χ2n) is 3.57. The van der Waals surface area contributed by atoms with E-state index in [1.807, 2.05) is 4.72 Å². The van der Waals surface area contributed by atoms with E-state index in [-0.39, 0.29) is 10.6 Å². The summed E-state index contributed by atoms with van der Waals surface area (Å²) < 4.78 is 43.4. The van der Waals surface area contributed by atoms with E-state index in [0.29, 0.717) is 0 Å². The molecule has 0 fully saturated rings. The zero-order valence-electron chi connectivity index (χ0n) is 9.96. The molecular formula is C10H13FN2O5S. The standard InChI is InChI=1S/C10H13FN2O5S/c1-18-9-3-2-6(4-7(9)11)19(16,17)13-5-8(14)10(12)15/h2-4,8,13-14H,5H2,1H3,(H2,12,15). The van der Waals surface area contributed by atoms with E-state index in [0.717, 1.165) is 18.2 Å². The van der Waals surface area contributed by atoms with Gasteiger partial charge in [-0.05, 0) is 18.2 Å². The molecule has 1 amide bonds. The number of aliphatic hydroxyl groups excluding tert-OH is 1. The van der Waals surface area contributed by atoms with E-state index in [2.05, 4.69) is 4.74 Å². The lowest BCUT2D eigenvalue weighted by Crippen LogP contribution is -2.39. The predicted octanol–water partition coefficient (Wildman–Crippen LogP) is -1.04. The molecule has 0 radical (unpaired) electrons. The molecule has 4 N–H and O–H groups in total. The third kappa shape index (κ3) is 3.88. The number of carbonyl (C=O) groups excluding carboxylic acids is 1. The van der Waals surface area contributed by atoms with Gasteiger partial charge in [0.1, 0.15) is 6.10 Å². The van der Waals surface area contributed by atoms with Gasteiger partial charge >= 0.3 is 0 Å². The molecule has 0 heterocycles. The highest BCUT2D eigenvalue weighted by atomic mass is 32.2. The molecule has 9 heteroatoms. The Balaban J connectivity index is 2.89. The van der Waals surface area contributed by atoms with Crippen molar-refractivity contribution in [2.45, 2.75) is 11.0 Å². The van der Waals surface area contributed by atoms with Gasteiger partial charge in [0.2, 0.25) is 15.9 Å². The van der Waals surface area contributed by atoms with Crippen molar-refractivity contribution in [2.24, 2.45) is 5.73 Å². The number of hydrogen-bond donors (Lipinski definition) is 3. The minimum absolute atomic E-state index is 0.101. The van der Waals surface area contributed by atoms with Gasteiger partial charge in [-0.25, -0.2) is 17.5 Å². The maximum Gasteiger partial charge on any atom is 0.247 e. The number of methoxy groups -OCH3 is 1. The van der Waals surface area contributed by atoms with Crippen LogP contribution in [0.1, 0.15) is 0 Å². The largest absolute Gasteiger partial charge is 0.494 e. The summed E-state index contributed by atoms with van der Waals surface area (Å²) in [6.07, 6.45) is -1.65. The molecule has 0 aromatic heterocycles. The first-order valence-electron chi connectivity index (χ1n) is 5.08.